The van der Waals surface area contributed by atoms with E-state index < -0.39 is 0 Å². The maximum atomic E-state index is 9.30. The van der Waals surface area contributed by atoms with Gasteiger partial charge in [0.05, 0.1) is 6.61 Å². The van der Waals surface area contributed by atoms with Crippen molar-refractivity contribution in [3.63, 3.8) is 0 Å². The van der Waals surface area contributed by atoms with Crippen LogP contribution in [0.25, 0.3) is 0 Å². The maximum absolute atomic E-state index is 9.30. The molecule has 0 bridgehead atoms. The minimum atomic E-state index is 0.140. The Morgan fingerprint density at radius 2 is 1.88 bits per heavy atom. The normalized spacial score (nSPS) is 12.5. The zero-order chi connectivity index (χ0) is 12.7. The summed E-state index contributed by atoms with van der Waals surface area (Å²) in [6.07, 6.45) is 0. The lowest BCUT2D eigenvalue weighted by molar-refractivity contribution is 0.245. The molecule has 3 nitrogen and oxygen atoms in total. The van der Waals surface area contributed by atoms with Crippen LogP contribution < -0.4 is 10.2 Å². The van der Waals surface area contributed by atoms with E-state index in [9.17, 15) is 5.11 Å². The molecule has 0 radical (unpaired) electrons. The van der Waals surface area contributed by atoms with Crippen molar-refractivity contribution in [2.24, 2.45) is 0 Å². The number of anilines is 1. The Labute approximate surface area is 104 Å². The lowest BCUT2D eigenvalue weighted by Gasteiger charge is -2.28. The van der Waals surface area contributed by atoms with Gasteiger partial charge in [-0.25, -0.2) is 0 Å². The van der Waals surface area contributed by atoms with Crippen LogP contribution >= 0.6 is 0 Å². The summed E-state index contributed by atoms with van der Waals surface area (Å²) < 4.78 is 0. The monoisotopic (exact) mass is 236 g/mol. The molecule has 1 aromatic rings. The van der Waals surface area contributed by atoms with E-state index in [1.807, 2.05) is 0 Å². The van der Waals surface area contributed by atoms with Crippen LogP contribution in [0.15, 0.2) is 24.3 Å². The second kappa shape index (κ2) is 7.30. The number of aryl methyl sites for hydroxylation is 1. The predicted octanol–water partition coefficient (Wildman–Crippen LogP) is 1.79. The molecule has 0 fully saturated rings. The molecule has 0 aliphatic heterocycles. The molecule has 0 aliphatic rings. The number of likely N-dealkylation sites (N-methyl/N-ethyl adjacent to an activating group) is 2. The van der Waals surface area contributed by atoms with Gasteiger partial charge in [0.1, 0.15) is 0 Å². The molecule has 1 aromatic carbocycles. The SMILES string of the molecule is CCNC(CO)CN(CC)c1ccc(C)cc1. The molecule has 1 unspecified atom stereocenters. The van der Waals surface area contributed by atoms with Gasteiger partial charge in [0, 0.05) is 24.8 Å². The topological polar surface area (TPSA) is 35.5 Å². The Kier molecular flexibility index (Phi) is 6.01. The van der Waals surface area contributed by atoms with E-state index in [2.05, 4.69) is 55.3 Å². The van der Waals surface area contributed by atoms with Gasteiger partial charge >= 0.3 is 0 Å². The van der Waals surface area contributed by atoms with Crippen LogP contribution in [0.3, 0.4) is 0 Å². The van der Waals surface area contributed by atoms with E-state index in [0.29, 0.717) is 0 Å². The van der Waals surface area contributed by atoms with Crippen molar-refractivity contribution >= 4 is 5.69 Å². The van der Waals surface area contributed by atoms with Gasteiger partial charge in [0.2, 0.25) is 0 Å². The van der Waals surface area contributed by atoms with Crippen molar-refractivity contribution in [1.82, 2.24) is 5.32 Å². The number of aliphatic hydroxyl groups excluding tert-OH is 1. The highest BCUT2D eigenvalue weighted by atomic mass is 16.3. The van der Waals surface area contributed by atoms with Gasteiger partial charge in [-0.3, -0.25) is 0 Å². The molecule has 0 aliphatic carbocycles. The van der Waals surface area contributed by atoms with Crippen LogP contribution in [0, 0.1) is 6.92 Å². The van der Waals surface area contributed by atoms with Crippen LogP contribution in [0.5, 0.6) is 0 Å². The fraction of sp³-hybridized carbons (Fsp3) is 0.571. The van der Waals surface area contributed by atoms with Crippen LogP contribution in [-0.2, 0) is 0 Å². The first kappa shape index (κ1) is 14.0. The molecular weight excluding hydrogens is 212 g/mol. The van der Waals surface area contributed by atoms with Crippen molar-refractivity contribution in [1.29, 1.82) is 0 Å². The highest BCUT2D eigenvalue weighted by molar-refractivity contribution is 5.47. The smallest absolute Gasteiger partial charge is 0.0601 e. The minimum absolute atomic E-state index is 0.140. The van der Waals surface area contributed by atoms with Crippen molar-refractivity contribution in [2.45, 2.75) is 26.8 Å². The number of hydrogen-bond donors (Lipinski definition) is 2. The summed E-state index contributed by atoms with van der Waals surface area (Å²) in [5.41, 5.74) is 2.49. The summed E-state index contributed by atoms with van der Waals surface area (Å²) in [6, 6.07) is 8.66. The summed E-state index contributed by atoms with van der Waals surface area (Å²) in [5.74, 6) is 0. The molecule has 3 heteroatoms. The predicted molar refractivity (Wildman–Crippen MR) is 73.6 cm³/mol. The number of aliphatic hydroxyl groups is 1. The van der Waals surface area contributed by atoms with Gasteiger partial charge in [-0.15, -0.1) is 0 Å². The average Bonchev–Trinajstić information content (AvgIpc) is 2.36. The lowest BCUT2D eigenvalue weighted by Crippen LogP contribution is -2.43. The molecule has 17 heavy (non-hydrogen) atoms. The molecule has 0 saturated carbocycles. The van der Waals surface area contributed by atoms with Gasteiger partial charge in [0.25, 0.3) is 0 Å². The number of rotatable bonds is 7. The second-order valence-corrected chi connectivity index (χ2v) is 4.31. The van der Waals surface area contributed by atoms with Gasteiger partial charge in [-0.1, -0.05) is 24.6 Å². The highest BCUT2D eigenvalue weighted by Crippen LogP contribution is 2.15. The fourth-order valence-electron chi connectivity index (χ4n) is 1.91. The number of nitrogens with one attached hydrogen (secondary N) is 1. The first-order valence-electron chi connectivity index (χ1n) is 6.37. The largest absolute Gasteiger partial charge is 0.395 e. The Balaban J connectivity index is 2.67. The maximum Gasteiger partial charge on any atom is 0.0601 e. The van der Waals surface area contributed by atoms with E-state index in [1.165, 1.54) is 11.3 Å². The summed E-state index contributed by atoms with van der Waals surface area (Å²) in [6.45, 7) is 9.14. The third kappa shape index (κ3) is 4.36. The molecule has 0 spiro atoms. The van der Waals surface area contributed by atoms with Crippen molar-refractivity contribution in [3.8, 4) is 0 Å². The zero-order valence-corrected chi connectivity index (χ0v) is 11.1. The van der Waals surface area contributed by atoms with E-state index in [4.69, 9.17) is 0 Å². The summed E-state index contributed by atoms with van der Waals surface area (Å²) in [4.78, 5) is 2.28. The van der Waals surface area contributed by atoms with Crippen molar-refractivity contribution in [2.75, 3.05) is 31.1 Å². The van der Waals surface area contributed by atoms with Crippen molar-refractivity contribution < 1.29 is 5.11 Å². The molecule has 0 heterocycles. The lowest BCUT2D eigenvalue weighted by atomic mass is 10.2. The average molecular weight is 236 g/mol. The highest BCUT2D eigenvalue weighted by Gasteiger charge is 2.11. The fourth-order valence-corrected chi connectivity index (χ4v) is 1.91. The molecule has 0 saturated heterocycles. The standard InChI is InChI=1S/C14H24N2O/c1-4-15-13(11-17)10-16(5-2)14-8-6-12(3)7-9-14/h6-9,13,15,17H,4-5,10-11H2,1-3H3. The first-order chi connectivity index (χ1) is 8.21. The summed E-state index contributed by atoms with van der Waals surface area (Å²) in [7, 11) is 0. The van der Waals surface area contributed by atoms with Gasteiger partial charge in [0.15, 0.2) is 0 Å². The van der Waals surface area contributed by atoms with Gasteiger partial charge in [-0.2, -0.15) is 0 Å². The quantitative estimate of drug-likeness (QED) is 0.757. The molecule has 2 N–H and O–H groups in total. The zero-order valence-electron chi connectivity index (χ0n) is 11.1. The third-order valence-electron chi connectivity index (χ3n) is 2.93. The molecule has 1 atom stereocenters. The van der Waals surface area contributed by atoms with E-state index in [0.717, 1.165) is 19.6 Å². The van der Waals surface area contributed by atoms with Gasteiger partial charge < -0.3 is 15.3 Å². The summed E-state index contributed by atoms with van der Waals surface area (Å²) >= 11 is 0. The third-order valence-corrected chi connectivity index (χ3v) is 2.93. The molecule has 0 aromatic heterocycles. The molecular formula is C14H24N2O. The Morgan fingerprint density at radius 1 is 1.24 bits per heavy atom. The number of hydrogen-bond acceptors (Lipinski definition) is 3. The second-order valence-electron chi connectivity index (χ2n) is 4.31. The Hall–Kier alpha value is -1.06. The minimum Gasteiger partial charge on any atom is -0.395 e. The Morgan fingerprint density at radius 3 is 2.35 bits per heavy atom. The molecule has 0 amide bonds. The summed E-state index contributed by atoms with van der Waals surface area (Å²) in [5, 5.41) is 12.6. The first-order valence-corrected chi connectivity index (χ1v) is 6.37. The Bertz CT molecular complexity index is 311. The van der Waals surface area contributed by atoms with Crippen LogP contribution in [0.2, 0.25) is 0 Å². The van der Waals surface area contributed by atoms with E-state index >= 15 is 0 Å². The van der Waals surface area contributed by atoms with Crippen LogP contribution in [0.1, 0.15) is 19.4 Å². The van der Waals surface area contributed by atoms with Crippen LogP contribution in [-0.4, -0.2) is 37.4 Å². The molecule has 1 rings (SSSR count). The van der Waals surface area contributed by atoms with E-state index in [-0.39, 0.29) is 12.6 Å². The molecule has 96 valence electrons. The van der Waals surface area contributed by atoms with E-state index in [1.54, 1.807) is 0 Å². The van der Waals surface area contributed by atoms with Gasteiger partial charge in [-0.05, 0) is 32.5 Å². The number of benzene rings is 1. The number of nitrogens with zero attached hydrogens (tertiary/aromatic N) is 1. The van der Waals surface area contributed by atoms with Crippen LogP contribution in [0.4, 0.5) is 5.69 Å². The van der Waals surface area contributed by atoms with Crippen molar-refractivity contribution in [3.05, 3.63) is 29.8 Å².